The van der Waals surface area contributed by atoms with Crippen LogP contribution in [0.15, 0.2) is 24.3 Å². The first-order valence-corrected chi connectivity index (χ1v) is 9.40. The normalized spacial score (nSPS) is 12.5. The number of esters is 1. The van der Waals surface area contributed by atoms with Crippen molar-refractivity contribution in [3.63, 3.8) is 0 Å². The minimum atomic E-state index is -4.45. The average molecular weight is 357 g/mol. The maximum atomic E-state index is 12.4. The van der Waals surface area contributed by atoms with E-state index in [1.807, 2.05) is 19.1 Å². The van der Waals surface area contributed by atoms with Crippen LogP contribution in [-0.2, 0) is 26.1 Å². The van der Waals surface area contributed by atoms with Gasteiger partial charge in [0.15, 0.2) is 0 Å². The van der Waals surface area contributed by atoms with Gasteiger partial charge in [0, 0.05) is 5.56 Å². The molecule has 0 aliphatic rings. The second-order valence-corrected chi connectivity index (χ2v) is 6.78. The van der Waals surface area contributed by atoms with E-state index in [4.69, 9.17) is 9.29 Å². The Morgan fingerprint density at radius 1 is 1.25 bits per heavy atom. The lowest BCUT2D eigenvalue weighted by molar-refractivity contribution is -0.144. The Morgan fingerprint density at radius 3 is 2.50 bits per heavy atom. The van der Waals surface area contributed by atoms with Crippen LogP contribution in [0.5, 0.6) is 0 Å². The number of hydrogen-bond acceptors (Lipinski definition) is 5. The highest BCUT2D eigenvalue weighted by molar-refractivity contribution is 7.85. The van der Waals surface area contributed by atoms with E-state index in [0.29, 0.717) is 12.0 Å². The third kappa shape index (κ3) is 6.67. The highest BCUT2D eigenvalue weighted by atomic mass is 32.2. The number of amides is 1. The van der Waals surface area contributed by atoms with Crippen molar-refractivity contribution in [3.8, 4) is 0 Å². The Kier molecular flexibility index (Phi) is 7.87. The fourth-order valence-corrected chi connectivity index (χ4v) is 2.83. The predicted octanol–water partition coefficient (Wildman–Crippen LogP) is 1.58. The first-order chi connectivity index (χ1) is 11.3. The summed E-state index contributed by atoms with van der Waals surface area (Å²) in [6.45, 7) is 3.62. The van der Waals surface area contributed by atoms with Crippen molar-refractivity contribution in [1.29, 1.82) is 0 Å². The van der Waals surface area contributed by atoms with Gasteiger partial charge in [0.05, 0.1) is 6.61 Å². The summed E-state index contributed by atoms with van der Waals surface area (Å²) in [6, 6.07) is 5.45. The molecule has 0 aliphatic heterocycles. The number of benzene rings is 1. The summed E-state index contributed by atoms with van der Waals surface area (Å²) in [5.41, 5.74) is 1.18. The summed E-state index contributed by atoms with van der Waals surface area (Å²) in [4.78, 5) is 24.3. The zero-order valence-corrected chi connectivity index (χ0v) is 14.6. The first kappa shape index (κ1) is 20.1. The zero-order chi connectivity index (χ0) is 18.2. The van der Waals surface area contributed by atoms with E-state index in [9.17, 15) is 18.0 Å². The molecule has 134 valence electrons. The van der Waals surface area contributed by atoms with E-state index in [-0.39, 0.29) is 6.61 Å². The van der Waals surface area contributed by atoms with E-state index >= 15 is 0 Å². The molecular formula is C16H23NO6S. The van der Waals surface area contributed by atoms with Crippen molar-refractivity contribution in [3.05, 3.63) is 35.4 Å². The van der Waals surface area contributed by atoms with E-state index < -0.39 is 33.8 Å². The lowest BCUT2D eigenvalue weighted by Gasteiger charge is -2.17. The molecule has 1 aromatic rings. The molecule has 1 aromatic carbocycles. The maximum absolute atomic E-state index is 12.4. The van der Waals surface area contributed by atoms with E-state index in [2.05, 4.69) is 5.32 Å². The fourth-order valence-electron chi connectivity index (χ4n) is 2.19. The van der Waals surface area contributed by atoms with Gasteiger partial charge >= 0.3 is 5.97 Å². The number of carbonyl (C=O) groups excluding carboxylic acids is 2. The van der Waals surface area contributed by atoms with Gasteiger partial charge in [-0.1, -0.05) is 31.5 Å². The van der Waals surface area contributed by atoms with Gasteiger partial charge in [-0.2, -0.15) is 8.42 Å². The summed E-state index contributed by atoms with van der Waals surface area (Å²) in [5.74, 6) is -2.42. The van der Waals surface area contributed by atoms with Gasteiger partial charge in [-0.3, -0.25) is 9.35 Å². The molecule has 0 aliphatic carbocycles. The van der Waals surface area contributed by atoms with Crippen LogP contribution in [0.3, 0.4) is 0 Å². The summed E-state index contributed by atoms with van der Waals surface area (Å²) >= 11 is 0. The Balaban J connectivity index is 2.97. The van der Waals surface area contributed by atoms with E-state index in [1.54, 1.807) is 19.1 Å². The van der Waals surface area contributed by atoms with Crippen LogP contribution in [0.1, 0.15) is 42.6 Å². The van der Waals surface area contributed by atoms with Crippen LogP contribution < -0.4 is 5.32 Å². The van der Waals surface area contributed by atoms with Crippen molar-refractivity contribution in [2.75, 3.05) is 12.4 Å². The van der Waals surface area contributed by atoms with Gasteiger partial charge in [-0.15, -0.1) is 0 Å². The fraction of sp³-hybridized carbons (Fsp3) is 0.500. The molecule has 0 unspecified atom stereocenters. The number of ether oxygens (including phenoxy) is 1. The van der Waals surface area contributed by atoms with Gasteiger partial charge in [0.1, 0.15) is 11.8 Å². The van der Waals surface area contributed by atoms with Crippen LogP contribution in [0.2, 0.25) is 0 Å². The lowest BCUT2D eigenvalue weighted by Crippen LogP contribution is -2.46. The molecule has 0 saturated heterocycles. The number of hydrogen-bond donors (Lipinski definition) is 2. The number of unbranched alkanes of at least 4 members (excludes halogenated alkanes) is 1. The highest BCUT2D eigenvalue weighted by Crippen LogP contribution is 2.12. The van der Waals surface area contributed by atoms with E-state index in [1.165, 1.54) is 0 Å². The minimum absolute atomic E-state index is 0.0315. The third-order valence-corrected chi connectivity index (χ3v) is 4.07. The van der Waals surface area contributed by atoms with Crippen molar-refractivity contribution in [1.82, 2.24) is 5.32 Å². The van der Waals surface area contributed by atoms with Crippen LogP contribution in [0.4, 0.5) is 0 Å². The summed E-state index contributed by atoms with van der Waals surface area (Å²) in [7, 11) is -4.45. The number of rotatable bonds is 9. The van der Waals surface area contributed by atoms with Crippen LogP contribution in [-0.4, -0.2) is 43.2 Å². The molecule has 1 atom stereocenters. The molecule has 0 saturated carbocycles. The van der Waals surface area contributed by atoms with Crippen molar-refractivity contribution in [2.45, 2.75) is 39.2 Å². The molecule has 7 nitrogen and oxygen atoms in total. The molecule has 0 bridgehead atoms. The summed E-state index contributed by atoms with van der Waals surface area (Å²) in [6.07, 6.45) is 2.56. The topological polar surface area (TPSA) is 110 Å². The predicted molar refractivity (Wildman–Crippen MR) is 89.4 cm³/mol. The third-order valence-electron chi connectivity index (χ3n) is 3.32. The largest absolute Gasteiger partial charge is 0.464 e. The van der Waals surface area contributed by atoms with Gasteiger partial charge in [0.25, 0.3) is 16.0 Å². The van der Waals surface area contributed by atoms with Crippen LogP contribution in [0.25, 0.3) is 0 Å². The standard InChI is InChI=1S/C16H23NO6S/c1-3-5-8-12-9-6-7-10-13(12)15(18)17-14(11-24(20,21)22)16(19)23-4-2/h6-7,9-10,14H,3-5,8,11H2,1-2H3,(H,17,18)(H,20,21,22)/t14-/m0/s1. The van der Waals surface area contributed by atoms with E-state index in [0.717, 1.165) is 18.4 Å². The highest BCUT2D eigenvalue weighted by Gasteiger charge is 2.28. The molecule has 8 heteroatoms. The van der Waals surface area contributed by atoms with Crippen molar-refractivity contribution in [2.24, 2.45) is 0 Å². The van der Waals surface area contributed by atoms with Gasteiger partial charge in [-0.25, -0.2) is 4.79 Å². The Bertz CT molecular complexity index is 671. The molecule has 0 radical (unpaired) electrons. The Hall–Kier alpha value is -1.93. The molecule has 24 heavy (non-hydrogen) atoms. The second kappa shape index (κ2) is 9.39. The quantitative estimate of drug-likeness (QED) is 0.513. The van der Waals surface area contributed by atoms with Crippen LogP contribution in [0, 0.1) is 0 Å². The molecule has 0 aromatic heterocycles. The molecule has 1 amide bonds. The van der Waals surface area contributed by atoms with Crippen LogP contribution >= 0.6 is 0 Å². The lowest BCUT2D eigenvalue weighted by atomic mass is 10.0. The average Bonchev–Trinajstić information content (AvgIpc) is 2.51. The van der Waals surface area contributed by atoms with Gasteiger partial charge in [-0.05, 0) is 31.4 Å². The van der Waals surface area contributed by atoms with Crippen molar-refractivity contribution < 1.29 is 27.3 Å². The molecule has 0 spiro atoms. The van der Waals surface area contributed by atoms with Gasteiger partial charge in [0.2, 0.25) is 0 Å². The van der Waals surface area contributed by atoms with Gasteiger partial charge < -0.3 is 10.1 Å². The summed E-state index contributed by atoms with van der Waals surface area (Å²) in [5, 5.41) is 2.34. The van der Waals surface area contributed by atoms with Crippen molar-refractivity contribution >= 4 is 22.0 Å². The number of carbonyl (C=O) groups is 2. The minimum Gasteiger partial charge on any atom is -0.464 e. The first-order valence-electron chi connectivity index (χ1n) is 7.79. The summed E-state index contributed by atoms with van der Waals surface area (Å²) < 4.78 is 35.9. The Labute approximate surface area is 142 Å². The Morgan fingerprint density at radius 2 is 1.92 bits per heavy atom. The smallest absolute Gasteiger partial charge is 0.329 e. The SMILES string of the molecule is CCCCc1ccccc1C(=O)N[C@@H](CS(=O)(=O)O)C(=O)OCC. The molecule has 1 rings (SSSR count). The number of aryl methyl sites for hydroxylation is 1. The monoisotopic (exact) mass is 357 g/mol. The molecular weight excluding hydrogens is 334 g/mol. The molecule has 0 fully saturated rings. The maximum Gasteiger partial charge on any atom is 0.329 e. The molecule has 2 N–H and O–H groups in total. The second-order valence-electron chi connectivity index (χ2n) is 5.29. The molecule has 0 heterocycles. The number of nitrogens with one attached hydrogen (secondary N) is 1. The zero-order valence-electron chi connectivity index (χ0n) is 13.8.